The van der Waals surface area contributed by atoms with Gasteiger partial charge in [0.25, 0.3) is 0 Å². The van der Waals surface area contributed by atoms with Gasteiger partial charge in [0.15, 0.2) is 0 Å². The van der Waals surface area contributed by atoms with Crippen molar-refractivity contribution in [3.05, 3.63) is 71.3 Å². The van der Waals surface area contributed by atoms with Crippen LogP contribution in [0, 0.1) is 0 Å². The van der Waals surface area contributed by atoms with Crippen molar-refractivity contribution in [1.82, 2.24) is 0 Å². The number of hydrogen-bond acceptors (Lipinski definition) is 0. The predicted octanol–water partition coefficient (Wildman–Crippen LogP) is 4.06. The quantitative estimate of drug-likeness (QED) is 0.680. The second-order valence-corrected chi connectivity index (χ2v) is 5.48. The normalized spacial score (nSPS) is 29.3. The first-order chi connectivity index (χ1) is 8.40. The van der Waals surface area contributed by atoms with Crippen molar-refractivity contribution < 1.29 is 0 Å². The Bertz CT molecular complexity index is 555. The van der Waals surface area contributed by atoms with E-state index in [2.05, 4.69) is 54.6 Å². The zero-order valence-corrected chi connectivity index (χ0v) is 9.89. The van der Waals surface area contributed by atoms with Gasteiger partial charge in [0.1, 0.15) is 0 Å². The maximum Gasteiger partial charge on any atom is 0.00339 e. The fraction of sp³-hybridized carbons (Fsp3) is 0.294. The topological polar surface area (TPSA) is 0 Å². The Labute approximate surface area is 102 Å². The Balaban J connectivity index is 1.75. The summed E-state index contributed by atoms with van der Waals surface area (Å²) in [4.78, 5) is 0. The predicted molar refractivity (Wildman–Crippen MR) is 70.2 cm³/mol. The average Bonchev–Trinajstić information content (AvgIpc) is 3.02. The first kappa shape index (κ1) is 9.47. The molecule has 0 bridgehead atoms. The molecule has 4 rings (SSSR count). The van der Waals surface area contributed by atoms with Crippen LogP contribution in [-0.2, 0) is 11.8 Å². The molecule has 2 aromatic carbocycles. The fourth-order valence-corrected chi connectivity index (χ4v) is 3.72. The SMILES string of the molecule is c1ccc(C2CC23CCc2ccccc23)cc1. The minimum absolute atomic E-state index is 0.498. The van der Waals surface area contributed by atoms with E-state index in [1.54, 1.807) is 11.1 Å². The highest BCUT2D eigenvalue weighted by atomic mass is 14.6. The van der Waals surface area contributed by atoms with Crippen molar-refractivity contribution in [1.29, 1.82) is 0 Å². The van der Waals surface area contributed by atoms with Gasteiger partial charge in [0.05, 0.1) is 0 Å². The molecule has 0 radical (unpaired) electrons. The van der Waals surface area contributed by atoms with E-state index in [0.717, 1.165) is 5.92 Å². The maximum absolute atomic E-state index is 2.35. The van der Waals surface area contributed by atoms with Crippen LogP contribution in [-0.4, -0.2) is 0 Å². The number of benzene rings is 2. The molecular weight excluding hydrogens is 204 g/mol. The highest BCUT2D eigenvalue weighted by molar-refractivity contribution is 5.50. The summed E-state index contributed by atoms with van der Waals surface area (Å²) in [5, 5.41) is 0. The lowest BCUT2D eigenvalue weighted by Crippen LogP contribution is -2.03. The van der Waals surface area contributed by atoms with Crippen molar-refractivity contribution in [2.24, 2.45) is 0 Å². The Kier molecular flexibility index (Phi) is 1.80. The lowest BCUT2D eigenvalue weighted by Gasteiger charge is -2.11. The third kappa shape index (κ3) is 1.24. The van der Waals surface area contributed by atoms with Crippen LogP contribution >= 0.6 is 0 Å². The van der Waals surface area contributed by atoms with Crippen LogP contribution in [0.1, 0.15) is 35.4 Å². The molecule has 0 aromatic heterocycles. The molecule has 2 aromatic rings. The lowest BCUT2D eigenvalue weighted by molar-refractivity contribution is 0.655. The van der Waals surface area contributed by atoms with Crippen molar-refractivity contribution in [2.45, 2.75) is 30.6 Å². The smallest absolute Gasteiger partial charge is 0.00339 e. The summed E-state index contributed by atoms with van der Waals surface area (Å²) < 4.78 is 0. The van der Waals surface area contributed by atoms with Gasteiger partial charge in [-0.05, 0) is 41.9 Å². The molecule has 0 nitrogen and oxygen atoms in total. The molecule has 2 aliphatic rings. The summed E-state index contributed by atoms with van der Waals surface area (Å²) in [6.45, 7) is 0. The lowest BCUT2D eigenvalue weighted by atomic mass is 9.93. The van der Waals surface area contributed by atoms with Gasteiger partial charge in [-0.15, -0.1) is 0 Å². The van der Waals surface area contributed by atoms with Gasteiger partial charge in [-0.25, -0.2) is 0 Å². The van der Waals surface area contributed by atoms with Crippen LogP contribution in [0.4, 0.5) is 0 Å². The van der Waals surface area contributed by atoms with Gasteiger partial charge in [-0.1, -0.05) is 54.6 Å². The van der Waals surface area contributed by atoms with Crippen LogP contribution in [0.2, 0.25) is 0 Å². The molecule has 2 unspecified atom stereocenters. The molecule has 0 heteroatoms. The molecule has 2 aliphatic carbocycles. The molecule has 1 saturated carbocycles. The standard InChI is InChI=1S/C17H16/c1-2-6-13(7-3-1)16-12-17(16)11-10-14-8-4-5-9-15(14)17/h1-9,16H,10-12H2. The summed E-state index contributed by atoms with van der Waals surface area (Å²) in [6, 6.07) is 20.1. The summed E-state index contributed by atoms with van der Waals surface area (Å²) in [5.41, 5.74) is 5.25. The van der Waals surface area contributed by atoms with Gasteiger partial charge in [0.2, 0.25) is 0 Å². The highest BCUT2D eigenvalue weighted by Crippen LogP contribution is 2.66. The van der Waals surface area contributed by atoms with Crippen molar-refractivity contribution in [3.8, 4) is 0 Å². The van der Waals surface area contributed by atoms with Gasteiger partial charge < -0.3 is 0 Å². The van der Waals surface area contributed by atoms with Crippen molar-refractivity contribution in [2.75, 3.05) is 0 Å². The van der Waals surface area contributed by atoms with Crippen molar-refractivity contribution in [3.63, 3.8) is 0 Å². The monoisotopic (exact) mass is 220 g/mol. The van der Waals surface area contributed by atoms with E-state index in [1.807, 2.05) is 0 Å². The van der Waals surface area contributed by atoms with Crippen LogP contribution in [0.3, 0.4) is 0 Å². The first-order valence-corrected chi connectivity index (χ1v) is 6.53. The average molecular weight is 220 g/mol. The molecule has 0 saturated heterocycles. The van der Waals surface area contributed by atoms with Crippen LogP contribution < -0.4 is 0 Å². The minimum atomic E-state index is 0.498. The summed E-state index contributed by atoms with van der Waals surface area (Å²) in [5.74, 6) is 0.771. The number of rotatable bonds is 1. The van der Waals surface area contributed by atoms with Crippen molar-refractivity contribution >= 4 is 0 Å². The Morgan fingerprint density at radius 1 is 0.882 bits per heavy atom. The second-order valence-electron chi connectivity index (χ2n) is 5.48. The Morgan fingerprint density at radius 3 is 2.53 bits per heavy atom. The van der Waals surface area contributed by atoms with E-state index in [4.69, 9.17) is 0 Å². The zero-order valence-electron chi connectivity index (χ0n) is 9.89. The summed E-state index contributed by atoms with van der Waals surface area (Å²) >= 11 is 0. The Hall–Kier alpha value is -1.56. The molecule has 0 aliphatic heterocycles. The van der Waals surface area contributed by atoms with Gasteiger partial charge in [0, 0.05) is 5.41 Å². The molecule has 84 valence electrons. The molecule has 2 atom stereocenters. The fourth-order valence-electron chi connectivity index (χ4n) is 3.72. The summed E-state index contributed by atoms with van der Waals surface area (Å²) in [7, 11) is 0. The van der Waals surface area contributed by atoms with Crippen LogP contribution in [0.15, 0.2) is 54.6 Å². The van der Waals surface area contributed by atoms with E-state index in [1.165, 1.54) is 24.8 Å². The van der Waals surface area contributed by atoms with E-state index < -0.39 is 0 Å². The first-order valence-electron chi connectivity index (χ1n) is 6.53. The molecule has 0 N–H and O–H groups in total. The molecule has 0 amide bonds. The zero-order chi connectivity index (χ0) is 11.3. The maximum atomic E-state index is 2.35. The second kappa shape index (κ2) is 3.22. The van der Waals surface area contributed by atoms with Gasteiger partial charge in [-0.2, -0.15) is 0 Å². The highest BCUT2D eigenvalue weighted by Gasteiger charge is 2.58. The third-order valence-electron chi connectivity index (χ3n) is 4.67. The summed E-state index contributed by atoms with van der Waals surface area (Å²) in [6.07, 6.45) is 3.99. The van der Waals surface area contributed by atoms with Gasteiger partial charge in [-0.3, -0.25) is 0 Å². The Morgan fingerprint density at radius 2 is 1.65 bits per heavy atom. The molecular formula is C17H16. The molecule has 1 fully saturated rings. The minimum Gasteiger partial charge on any atom is -0.0622 e. The largest absolute Gasteiger partial charge is 0.0622 e. The molecule has 0 heterocycles. The van der Waals surface area contributed by atoms with E-state index in [-0.39, 0.29) is 0 Å². The third-order valence-corrected chi connectivity index (χ3v) is 4.67. The van der Waals surface area contributed by atoms with E-state index >= 15 is 0 Å². The van der Waals surface area contributed by atoms with E-state index in [0.29, 0.717) is 5.41 Å². The number of aryl methyl sites for hydroxylation is 1. The number of fused-ring (bicyclic) bond motifs is 2. The molecule has 17 heavy (non-hydrogen) atoms. The number of hydrogen-bond donors (Lipinski definition) is 0. The molecule has 1 spiro atoms. The van der Waals surface area contributed by atoms with Crippen LogP contribution in [0.25, 0.3) is 0 Å². The van der Waals surface area contributed by atoms with Crippen LogP contribution in [0.5, 0.6) is 0 Å². The van der Waals surface area contributed by atoms with Gasteiger partial charge >= 0.3 is 0 Å². The van der Waals surface area contributed by atoms with E-state index in [9.17, 15) is 0 Å².